The molecule has 1 rings (SSSR count). The monoisotopic (exact) mass is 278 g/mol. The van der Waals surface area contributed by atoms with Gasteiger partial charge in [-0.3, -0.25) is 4.79 Å². The third kappa shape index (κ3) is 5.31. The van der Waals surface area contributed by atoms with Gasteiger partial charge in [0.15, 0.2) is 0 Å². The van der Waals surface area contributed by atoms with Crippen LogP contribution in [0.1, 0.15) is 23.1 Å². The molecule has 4 heteroatoms. The minimum absolute atomic E-state index is 0.143. The van der Waals surface area contributed by atoms with Crippen molar-refractivity contribution in [1.82, 2.24) is 4.90 Å². The van der Waals surface area contributed by atoms with Gasteiger partial charge in [-0.2, -0.15) is 0 Å². The fraction of sp³-hybridized carbons (Fsp3) is 0.562. The van der Waals surface area contributed by atoms with Gasteiger partial charge in [0.1, 0.15) is 0 Å². The predicted octanol–water partition coefficient (Wildman–Crippen LogP) is 1.67. The highest BCUT2D eigenvalue weighted by molar-refractivity contribution is 5.79. The Bertz CT molecular complexity index is 424. The van der Waals surface area contributed by atoms with Gasteiger partial charge in [-0.1, -0.05) is 23.8 Å². The number of amides is 1. The Hall–Kier alpha value is -1.39. The molecule has 1 amide bonds. The van der Waals surface area contributed by atoms with Crippen molar-refractivity contribution in [3.8, 4) is 0 Å². The minimum Gasteiger partial charge on any atom is -0.383 e. The lowest BCUT2D eigenvalue weighted by atomic mass is 10.0. The maximum atomic E-state index is 12.4. The molecule has 0 saturated heterocycles. The molecule has 1 aromatic carbocycles. The van der Waals surface area contributed by atoms with E-state index in [1.165, 1.54) is 5.56 Å². The van der Waals surface area contributed by atoms with Crippen molar-refractivity contribution in [2.45, 2.75) is 26.7 Å². The molecular formula is C16H26N2O2. The zero-order valence-corrected chi connectivity index (χ0v) is 12.8. The fourth-order valence-electron chi connectivity index (χ4n) is 2.11. The number of aryl methyl sites for hydroxylation is 2. The number of nitrogens with zero attached hydrogens (tertiary/aromatic N) is 1. The van der Waals surface area contributed by atoms with Gasteiger partial charge in [0.2, 0.25) is 5.91 Å². The smallest absolute Gasteiger partial charge is 0.227 e. The molecule has 2 N–H and O–H groups in total. The second kappa shape index (κ2) is 8.72. The van der Waals surface area contributed by atoms with E-state index < -0.39 is 0 Å². The van der Waals surface area contributed by atoms with E-state index in [4.69, 9.17) is 10.5 Å². The van der Waals surface area contributed by atoms with Gasteiger partial charge in [-0.05, 0) is 37.9 Å². The van der Waals surface area contributed by atoms with E-state index in [9.17, 15) is 4.79 Å². The molecule has 20 heavy (non-hydrogen) atoms. The van der Waals surface area contributed by atoms with Gasteiger partial charge in [0, 0.05) is 20.2 Å². The highest BCUT2D eigenvalue weighted by Gasteiger charge is 2.14. The minimum atomic E-state index is 0.143. The van der Waals surface area contributed by atoms with Crippen molar-refractivity contribution in [1.29, 1.82) is 0 Å². The Labute approximate surface area is 121 Å². The Balaban J connectivity index is 2.70. The van der Waals surface area contributed by atoms with Crippen molar-refractivity contribution < 1.29 is 9.53 Å². The number of methoxy groups -OCH3 is 1. The molecule has 0 radical (unpaired) electrons. The lowest BCUT2D eigenvalue weighted by Crippen LogP contribution is -2.36. The van der Waals surface area contributed by atoms with Crippen molar-refractivity contribution in [3.63, 3.8) is 0 Å². The number of hydrogen-bond acceptors (Lipinski definition) is 3. The van der Waals surface area contributed by atoms with Gasteiger partial charge in [-0.25, -0.2) is 0 Å². The van der Waals surface area contributed by atoms with Crippen LogP contribution in [0.5, 0.6) is 0 Å². The first-order valence-electron chi connectivity index (χ1n) is 7.11. The maximum absolute atomic E-state index is 12.4. The second-order valence-electron chi connectivity index (χ2n) is 5.12. The second-order valence-corrected chi connectivity index (χ2v) is 5.12. The van der Waals surface area contributed by atoms with Crippen LogP contribution in [0, 0.1) is 13.8 Å². The highest BCUT2D eigenvalue weighted by Crippen LogP contribution is 2.12. The van der Waals surface area contributed by atoms with E-state index in [-0.39, 0.29) is 5.91 Å². The normalized spacial score (nSPS) is 10.6. The van der Waals surface area contributed by atoms with Crippen LogP contribution in [0.15, 0.2) is 18.2 Å². The summed E-state index contributed by atoms with van der Waals surface area (Å²) in [4.78, 5) is 14.3. The highest BCUT2D eigenvalue weighted by atomic mass is 16.5. The Morgan fingerprint density at radius 2 is 2.05 bits per heavy atom. The number of nitrogens with two attached hydrogens (primary N) is 1. The summed E-state index contributed by atoms with van der Waals surface area (Å²) in [6.07, 6.45) is 1.27. The third-order valence-electron chi connectivity index (χ3n) is 3.40. The molecule has 0 saturated carbocycles. The van der Waals surface area contributed by atoms with E-state index >= 15 is 0 Å². The van der Waals surface area contributed by atoms with Gasteiger partial charge >= 0.3 is 0 Å². The Morgan fingerprint density at radius 1 is 1.30 bits per heavy atom. The molecular weight excluding hydrogens is 252 g/mol. The number of carbonyl (C=O) groups excluding carboxylic acids is 1. The van der Waals surface area contributed by atoms with Crippen LogP contribution in [0.25, 0.3) is 0 Å². The van der Waals surface area contributed by atoms with Gasteiger partial charge in [0.05, 0.1) is 13.0 Å². The first kappa shape index (κ1) is 16.7. The molecule has 0 aliphatic heterocycles. The van der Waals surface area contributed by atoms with E-state index in [1.54, 1.807) is 7.11 Å². The molecule has 4 nitrogen and oxygen atoms in total. The molecule has 0 spiro atoms. The van der Waals surface area contributed by atoms with Gasteiger partial charge < -0.3 is 15.4 Å². The average molecular weight is 278 g/mol. The molecule has 0 aliphatic rings. The maximum Gasteiger partial charge on any atom is 0.227 e. The summed E-state index contributed by atoms with van der Waals surface area (Å²) in [5.74, 6) is 0.143. The zero-order chi connectivity index (χ0) is 15.0. The van der Waals surface area contributed by atoms with Crippen LogP contribution >= 0.6 is 0 Å². The van der Waals surface area contributed by atoms with Crippen LogP contribution in [-0.4, -0.2) is 44.2 Å². The Kier molecular flexibility index (Phi) is 7.26. The molecule has 0 atom stereocenters. The van der Waals surface area contributed by atoms with E-state index in [0.29, 0.717) is 32.7 Å². The van der Waals surface area contributed by atoms with Crippen LogP contribution < -0.4 is 5.73 Å². The number of carbonyl (C=O) groups is 1. The summed E-state index contributed by atoms with van der Waals surface area (Å²) in [5.41, 5.74) is 8.98. The molecule has 0 aliphatic carbocycles. The Morgan fingerprint density at radius 3 is 2.70 bits per heavy atom. The van der Waals surface area contributed by atoms with Crippen molar-refractivity contribution >= 4 is 5.91 Å². The van der Waals surface area contributed by atoms with E-state index in [0.717, 1.165) is 17.5 Å². The fourth-order valence-corrected chi connectivity index (χ4v) is 2.11. The number of ether oxygens (including phenoxy) is 1. The molecule has 0 aromatic heterocycles. The van der Waals surface area contributed by atoms with Crippen molar-refractivity contribution in [3.05, 3.63) is 34.9 Å². The third-order valence-corrected chi connectivity index (χ3v) is 3.40. The van der Waals surface area contributed by atoms with Crippen molar-refractivity contribution in [2.75, 3.05) is 33.4 Å². The first-order valence-corrected chi connectivity index (χ1v) is 7.11. The van der Waals surface area contributed by atoms with Crippen LogP contribution in [0.4, 0.5) is 0 Å². The number of hydrogen-bond donors (Lipinski definition) is 1. The van der Waals surface area contributed by atoms with Crippen molar-refractivity contribution in [2.24, 2.45) is 5.73 Å². The molecule has 112 valence electrons. The van der Waals surface area contributed by atoms with Gasteiger partial charge in [0.25, 0.3) is 0 Å². The summed E-state index contributed by atoms with van der Waals surface area (Å²) < 4.78 is 5.07. The topological polar surface area (TPSA) is 55.6 Å². The lowest BCUT2D eigenvalue weighted by Gasteiger charge is -2.22. The standard InChI is InChI=1S/C16H26N2O2/c1-13-5-6-14(2)15(11-13)12-16(19)18(8-4-7-17)9-10-20-3/h5-6,11H,4,7-10,12,17H2,1-3H3. The van der Waals surface area contributed by atoms with Crippen LogP contribution in [0.2, 0.25) is 0 Å². The molecule has 0 heterocycles. The quantitative estimate of drug-likeness (QED) is 0.787. The molecule has 1 aromatic rings. The molecule has 0 fully saturated rings. The number of rotatable bonds is 8. The summed E-state index contributed by atoms with van der Waals surface area (Å²) in [6, 6.07) is 6.22. The van der Waals surface area contributed by atoms with Crippen LogP contribution in [-0.2, 0) is 16.0 Å². The SMILES string of the molecule is COCCN(CCCN)C(=O)Cc1cc(C)ccc1C. The zero-order valence-electron chi connectivity index (χ0n) is 12.8. The lowest BCUT2D eigenvalue weighted by molar-refractivity contribution is -0.131. The molecule has 0 unspecified atom stereocenters. The van der Waals surface area contributed by atoms with E-state index in [1.807, 2.05) is 18.7 Å². The first-order chi connectivity index (χ1) is 9.58. The number of benzene rings is 1. The largest absolute Gasteiger partial charge is 0.383 e. The van der Waals surface area contributed by atoms with Crippen LogP contribution in [0.3, 0.4) is 0 Å². The predicted molar refractivity (Wildman–Crippen MR) is 81.7 cm³/mol. The van der Waals surface area contributed by atoms with E-state index in [2.05, 4.69) is 18.2 Å². The van der Waals surface area contributed by atoms with Gasteiger partial charge in [-0.15, -0.1) is 0 Å². The average Bonchev–Trinajstić information content (AvgIpc) is 2.43. The summed E-state index contributed by atoms with van der Waals surface area (Å²) in [5, 5.41) is 0. The summed E-state index contributed by atoms with van der Waals surface area (Å²) >= 11 is 0. The summed E-state index contributed by atoms with van der Waals surface area (Å²) in [7, 11) is 1.65. The molecule has 0 bridgehead atoms. The summed E-state index contributed by atoms with van der Waals surface area (Å²) in [6.45, 7) is 6.57.